The number of nitrogens with zero attached hydrogens (tertiary/aromatic N) is 1. The van der Waals surface area contributed by atoms with Gasteiger partial charge in [0.15, 0.2) is 4.32 Å². The van der Waals surface area contributed by atoms with Gasteiger partial charge in [0, 0.05) is 3.57 Å². The van der Waals surface area contributed by atoms with Crippen LogP contribution in [0.25, 0.3) is 6.08 Å². The third-order valence-electron chi connectivity index (χ3n) is 3.00. The summed E-state index contributed by atoms with van der Waals surface area (Å²) < 4.78 is 1.68. The predicted octanol–water partition coefficient (Wildman–Crippen LogP) is 4.70. The maximum Gasteiger partial charge on any atom is 0.270 e. The summed E-state index contributed by atoms with van der Waals surface area (Å²) in [6.07, 6.45) is 1.91. The summed E-state index contributed by atoms with van der Waals surface area (Å²) in [4.78, 5) is 14.8. The van der Waals surface area contributed by atoms with E-state index in [1.807, 2.05) is 60.7 Å². The Labute approximate surface area is 146 Å². The molecule has 0 atom stereocenters. The number of carbonyl (C=O) groups is 1. The molecule has 2 aromatic rings. The molecule has 0 radical (unpaired) electrons. The number of hydrogen-bond acceptors (Lipinski definition) is 3. The molecule has 0 unspecified atom stereocenters. The van der Waals surface area contributed by atoms with Crippen molar-refractivity contribution in [2.75, 3.05) is 4.90 Å². The normalized spacial score (nSPS) is 16.8. The summed E-state index contributed by atoms with van der Waals surface area (Å²) >= 11 is 8.96. The van der Waals surface area contributed by atoms with Gasteiger partial charge in [0.05, 0.1) is 10.6 Å². The van der Waals surface area contributed by atoms with Crippen LogP contribution < -0.4 is 4.90 Å². The Kier molecular flexibility index (Phi) is 4.42. The van der Waals surface area contributed by atoms with E-state index in [1.54, 1.807) is 4.90 Å². The van der Waals surface area contributed by atoms with Crippen molar-refractivity contribution in [3.8, 4) is 0 Å². The molecule has 1 fully saturated rings. The van der Waals surface area contributed by atoms with Gasteiger partial charge in [0.2, 0.25) is 0 Å². The zero-order chi connectivity index (χ0) is 14.8. The largest absolute Gasteiger partial charge is 0.270 e. The van der Waals surface area contributed by atoms with Crippen molar-refractivity contribution in [1.82, 2.24) is 0 Å². The first-order valence-electron chi connectivity index (χ1n) is 6.24. The van der Waals surface area contributed by atoms with Crippen LogP contribution in [0.1, 0.15) is 5.56 Å². The number of amides is 1. The van der Waals surface area contributed by atoms with Gasteiger partial charge in [-0.25, -0.2) is 0 Å². The van der Waals surface area contributed by atoms with Crippen molar-refractivity contribution in [2.24, 2.45) is 0 Å². The molecule has 0 aliphatic carbocycles. The Hall–Kier alpha value is -1.18. The van der Waals surface area contributed by atoms with Crippen LogP contribution in [0.4, 0.5) is 5.69 Å². The number of thioether (sulfide) groups is 1. The predicted molar refractivity (Wildman–Crippen MR) is 101 cm³/mol. The SMILES string of the molecule is O=C1C(=Cc2ccccc2I)SC(=S)N1c1ccccc1. The molecule has 3 rings (SSSR count). The number of halogens is 1. The summed E-state index contributed by atoms with van der Waals surface area (Å²) in [5, 5.41) is 0. The second-order valence-electron chi connectivity index (χ2n) is 4.37. The number of anilines is 1. The highest BCUT2D eigenvalue weighted by molar-refractivity contribution is 14.1. The van der Waals surface area contributed by atoms with Crippen LogP contribution >= 0.6 is 46.6 Å². The van der Waals surface area contributed by atoms with Gasteiger partial charge < -0.3 is 0 Å². The van der Waals surface area contributed by atoms with E-state index in [-0.39, 0.29) is 5.91 Å². The fourth-order valence-corrected chi connectivity index (χ4v) is 3.83. The maximum atomic E-state index is 12.6. The number of thiocarbonyl (C=S) groups is 1. The molecule has 1 amide bonds. The molecular weight excluding hydrogens is 413 g/mol. The number of hydrogen-bond donors (Lipinski definition) is 0. The summed E-state index contributed by atoms with van der Waals surface area (Å²) in [5.41, 5.74) is 1.85. The Morgan fingerprint density at radius 1 is 1.05 bits per heavy atom. The zero-order valence-corrected chi connectivity index (χ0v) is 14.6. The minimum Gasteiger partial charge on any atom is -0.268 e. The van der Waals surface area contributed by atoms with Crippen LogP contribution in [-0.4, -0.2) is 10.2 Å². The lowest BCUT2D eigenvalue weighted by Crippen LogP contribution is -2.27. The van der Waals surface area contributed by atoms with E-state index in [0.717, 1.165) is 14.8 Å². The molecule has 21 heavy (non-hydrogen) atoms. The summed E-state index contributed by atoms with van der Waals surface area (Å²) in [6, 6.07) is 17.5. The second-order valence-corrected chi connectivity index (χ2v) is 7.21. The van der Waals surface area contributed by atoms with Crippen LogP contribution in [-0.2, 0) is 4.79 Å². The third-order valence-corrected chi connectivity index (χ3v) is 5.28. The van der Waals surface area contributed by atoms with Crippen molar-refractivity contribution in [2.45, 2.75) is 0 Å². The first-order chi connectivity index (χ1) is 10.2. The topological polar surface area (TPSA) is 20.3 Å². The van der Waals surface area contributed by atoms with Crippen molar-refractivity contribution in [3.05, 3.63) is 68.6 Å². The molecule has 2 aromatic carbocycles. The number of carbonyl (C=O) groups excluding carboxylic acids is 1. The van der Waals surface area contributed by atoms with E-state index in [0.29, 0.717) is 9.23 Å². The first kappa shape index (κ1) is 14.7. The van der Waals surface area contributed by atoms with Gasteiger partial charge in [-0.15, -0.1) is 0 Å². The molecule has 0 bridgehead atoms. The lowest BCUT2D eigenvalue weighted by molar-refractivity contribution is -0.113. The summed E-state index contributed by atoms with van der Waals surface area (Å²) in [6.45, 7) is 0. The van der Waals surface area contributed by atoms with Crippen molar-refractivity contribution in [3.63, 3.8) is 0 Å². The standard InChI is InChI=1S/C16H10INOS2/c17-13-9-5-4-6-11(13)10-14-15(19)18(16(20)21-14)12-7-2-1-3-8-12/h1-10H. The summed E-state index contributed by atoms with van der Waals surface area (Å²) in [7, 11) is 0. The van der Waals surface area contributed by atoms with Crippen molar-refractivity contribution < 1.29 is 4.79 Å². The molecule has 0 saturated carbocycles. The van der Waals surface area contributed by atoms with E-state index in [9.17, 15) is 4.79 Å². The monoisotopic (exact) mass is 423 g/mol. The minimum absolute atomic E-state index is 0.0594. The van der Waals surface area contributed by atoms with E-state index in [2.05, 4.69) is 22.6 Å². The van der Waals surface area contributed by atoms with Gasteiger partial charge >= 0.3 is 0 Å². The lowest BCUT2D eigenvalue weighted by Gasteiger charge is -2.13. The fourth-order valence-electron chi connectivity index (χ4n) is 2.00. The van der Waals surface area contributed by atoms with E-state index in [4.69, 9.17) is 12.2 Å². The van der Waals surface area contributed by atoms with Gasteiger partial charge in [-0.05, 0) is 52.4 Å². The van der Waals surface area contributed by atoms with Gasteiger partial charge in [-0.3, -0.25) is 9.69 Å². The van der Waals surface area contributed by atoms with Crippen LogP contribution in [0.2, 0.25) is 0 Å². The Bertz CT molecular complexity index is 743. The van der Waals surface area contributed by atoms with Crippen LogP contribution in [0, 0.1) is 3.57 Å². The molecule has 104 valence electrons. The first-order valence-corrected chi connectivity index (χ1v) is 8.55. The van der Waals surface area contributed by atoms with Crippen LogP contribution in [0.15, 0.2) is 59.5 Å². The van der Waals surface area contributed by atoms with Crippen LogP contribution in [0.3, 0.4) is 0 Å². The maximum absolute atomic E-state index is 12.6. The van der Waals surface area contributed by atoms with Crippen molar-refractivity contribution >= 4 is 68.6 Å². The molecule has 0 spiro atoms. The molecule has 1 aliphatic rings. The molecule has 1 aliphatic heterocycles. The number of benzene rings is 2. The smallest absolute Gasteiger partial charge is 0.268 e. The van der Waals surface area contributed by atoms with E-state index < -0.39 is 0 Å². The molecule has 1 heterocycles. The van der Waals surface area contributed by atoms with Gasteiger partial charge in [-0.2, -0.15) is 0 Å². The minimum atomic E-state index is -0.0594. The molecule has 1 saturated heterocycles. The highest BCUT2D eigenvalue weighted by Crippen LogP contribution is 2.36. The zero-order valence-electron chi connectivity index (χ0n) is 10.8. The Balaban J connectivity index is 1.96. The number of para-hydroxylation sites is 1. The number of rotatable bonds is 2. The third kappa shape index (κ3) is 3.04. The highest BCUT2D eigenvalue weighted by atomic mass is 127. The molecule has 5 heteroatoms. The van der Waals surface area contributed by atoms with Gasteiger partial charge in [0.25, 0.3) is 5.91 Å². The second kappa shape index (κ2) is 6.29. The van der Waals surface area contributed by atoms with Gasteiger partial charge in [0.1, 0.15) is 0 Å². The molecule has 2 nitrogen and oxygen atoms in total. The molecular formula is C16H10INOS2. The Morgan fingerprint density at radius 2 is 1.71 bits per heavy atom. The average molecular weight is 423 g/mol. The summed E-state index contributed by atoms with van der Waals surface area (Å²) in [5.74, 6) is -0.0594. The molecule has 0 N–H and O–H groups in total. The van der Waals surface area contributed by atoms with E-state index in [1.165, 1.54) is 11.8 Å². The fraction of sp³-hybridized carbons (Fsp3) is 0. The van der Waals surface area contributed by atoms with Crippen LogP contribution in [0.5, 0.6) is 0 Å². The van der Waals surface area contributed by atoms with Gasteiger partial charge in [-0.1, -0.05) is 60.4 Å². The average Bonchev–Trinajstić information content (AvgIpc) is 2.77. The van der Waals surface area contributed by atoms with E-state index >= 15 is 0 Å². The Morgan fingerprint density at radius 3 is 2.43 bits per heavy atom. The quantitative estimate of drug-likeness (QED) is 0.397. The lowest BCUT2D eigenvalue weighted by atomic mass is 10.2. The molecule has 0 aromatic heterocycles. The van der Waals surface area contributed by atoms with Crippen molar-refractivity contribution in [1.29, 1.82) is 0 Å². The highest BCUT2D eigenvalue weighted by Gasteiger charge is 2.33.